The van der Waals surface area contributed by atoms with E-state index in [4.69, 9.17) is 4.74 Å². The fourth-order valence-corrected chi connectivity index (χ4v) is 2.84. The third-order valence-electron chi connectivity index (χ3n) is 4.28. The average molecular weight is 340 g/mol. The number of carbonyl (C=O) groups excluding carboxylic acids is 1. The summed E-state index contributed by atoms with van der Waals surface area (Å²) in [5.41, 5.74) is 3.21. The minimum absolute atomic E-state index is 0.0830. The summed E-state index contributed by atoms with van der Waals surface area (Å²) < 4.78 is 5.27. The van der Waals surface area contributed by atoms with Crippen molar-refractivity contribution in [1.82, 2.24) is 5.32 Å². The van der Waals surface area contributed by atoms with Crippen molar-refractivity contribution in [2.75, 3.05) is 19.0 Å². The molecule has 1 amide bonds. The van der Waals surface area contributed by atoms with Crippen molar-refractivity contribution in [2.24, 2.45) is 5.92 Å². The first-order valence-corrected chi connectivity index (χ1v) is 8.80. The number of para-hydroxylation sites is 2. The van der Waals surface area contributed by atoms with Gasteiger partial charge in [-0.05, 0) is 35.6 Å². The molecule has 0 aromatic heterocycles. The van der Waals surface area contributed by atoms with E-state index in [1.807, 2.05) is 24.3 Å². The lowest BCUT2D eigenvalue weighted by molar-refractivity contribution is -0.115. The van der Waals surface area contributed by atoms with E-state index in [0.29, 0.717) is 17.4 Å². The van der Waals surface area contributed by atoms with Gasteiger partial charge in [-0.25, -0.2) is 0 Å². The third kappa shape index (κ3) is 5.33. The van der Waals surface area contributed by atoms with Crippen LogP contribution in [-0.2, 0) is 11.2 Å². The zero-order valence-electron chi connectivity index (χ0n) is 15.5. The van der Waals surface area contributed by atoms with Gasteiger partial charge in [-0.1, -0.05) is 57.2 Å². The number of nitrogens with one attached hydrogen (secondary N) is 2. The monoisotopic (exact) mass is 340 g/mol. The Labute approximate surface area is 150 Å². The van der Waals surface area contributed by atoms with Crippen molar-refractivity contribution in [3.8, 4) is 5.75 Å². The summed E-state index contributed by atoms with van der Waals surface area (Å²) in [6.45, 7) is 6.71. The van der Waals surface area contributed by atoms with E-state index in [1.54, 1.807) is 7.11 Å². The molecule has 2 N–H and O–H groups in total. The molecule has 2 aromatic carbocycles. The lowest BCUT2D eigenvalue weighted by atomic mass is 9.95. The molecule has 0 radical (unpaired) electrons. The Kier molecular flexibility index (Phi) is 7.02. The zero-order chi connectivity index (χ0) is 18.2. The number of rotatable bonds is 8. The fraction of sp³-hybridized carbons (Fsp3) is 0.381. The second-order valence-corrected chi connectivity index (χ2v) is 6.45. The minimum atomic E-state index is -0.0830. The van der Waals surface area contributed by atoms with Crippen LogP contribution in [-0.4, -0.2) is 19.6 Å². The number of hydrogen-bond acceptors (Lipinski definition) is 3. The Bertz CT molecular complexity index is 681. The molecule has 2 aromatic rings. The van der Waals surface area contributed by atoms with E-state index in [1.165, 1.54) is 11.1 Å². The molecule has 0 bridgehead atoms. The van der Waals surface area contributed by atoms with Crippen LogP contribution < -0.4 is 15.4 Å². The molecular formula is C21H28N2O2. The smallest absolute Gasteiger partial charge is 0.238 e. The van der Waals surface area contributed by atoms with Gasteiger partial charge in [0, 0.05) is 6.04 Å². The van der Waals surface area contributed by atoms with Crippen LogP contribution >= 0.6 is 0 Å². The molecule has 134 valence electrons. The molecule has 4 heteroatoms. The molecule has 0 spiro atoms. The molecule has 0 aliphatic rings. The maximum Gasteiger partial charge on any atom is 0.238 e. The highest BCUT2D eigenvalue weighted by Crippen LogP contribution is 2.24. The highest BCUT2D eigenvalue weighted by atomic mass is 16.5. The van der Waals surface area contributed by atoms with Crippen LogP contribution in [0, 0.1) is 5.92 Å². The number of methoxy groups -OCH3 is 1. The number of amides is 1. The first-order valence-electron chi connectivity index (χ1n) is 8.80. The summed E-state index contributed by atoms with van der Waals surface area (Å²) >= 11 is 0. The van der Waals surface area contributed by atoms with Crippen LogP contribution in [0.2, 0.25) is 0 Å². The van der Waals surface area contributed by atoms with Gasteiger partial charge in [0.25, 0.3) is 0 Å². The molecule has 0 unspecified atom stereocenters. The molecule has 4 nitrogen and oxygen atoms in total. The minimum Gasteiger partial charge on any atom is -0.495 e. The molecule has 0 fully saturated rings. The van der Waals surface area contributed by atoms with Crippen molar-refractivity contribution >= 4 is 11.6 Å². The topological polar surface area (TPSA) is 50.4 Å². The van der Waals surface area contributed by atoms with E-state index in [9.17, 15) is 4.79 Å². The van der Waals surface area contributed by atoms with Gasteiger partial charge in [0.05, 0.1) is 19.3 Å². The van der Waals surface area contributed by atoms with Gasteiger partial charge in [-0.15, -0.1) is 0 Å². The molecule has 0 saturated carbocycles. The van der Waals surface area contributed by atoms with Gasteiger partial charge < -0.3 is 15.4 Å². The Morgan fingerprint density at radius 3 is 2.36 bits per heavy atom. The van der Waals surface area contributed by atoms with Gasteiger partial charge in [0.15, 0.2) is 0 Å². The van der Waals surface area contributed by atoms with E-state index in [-0.39, 0.29) is 18.5 Å². The van der Waals surface area contributed by atoms with Gasteiger partial charge in [-0.3, -0.25) is 4.79 Å². The number of aryl methyl sites for hydroxylation is 1. The predicted octanol–water partition coefficient (Wildman–Crippen LogP) is 4.18. The summed E-state index contributed by atoms with van der Waals surface area (Å²) in [5, 5.41) is 6.28. The molecular weight excluding hydrogens is 312 g/mol. The summed E-state index contributed by atoms with van der Waals surface area (Å²) in [4.78, 5) is 12.3. The Balaban J connectivity index is 1.99. The summed E-state index contributed by atoms with van der Waals surface area (Å²) in [7, 11) is 1.60. The average Bonchev–Trinajstić information content (AvgIpc) is 2.62. The first kappa shape index (κ1) is 19.0. The Morgan fingerprint density at radius 2 is 1.76 bits per heavy atom. The zero-order valence-corrected chi connectivity index (χ0v) is 15.5. The van der Waals surface area contributed by atoms with Crippen LogP contribution in [0.25, 0.3) is 0 Å². The predicted molar refractivity (Wildman–Crippen MR) is 103 cm³/mol. The number of ether oxygens (including phenoxy) is 1. The van der Waals surface area contributed by atoms with E-state index in [0.717, 1.165) is 6.42 Å². The maximum absolute atomic E-state index is 12.3. The lowest BCUT2D eigenvalue weighted by Gasteiger charge is -2.23. The molecule has 25 heavy (non-hydrogen) atoms. The van der Waals surface area contributed by atoms with Gasteiger partial charge >= 0.3 is 0 Å². The quantitative estimate of drug-likeness (QED) is 0.758. The number of hydrogen-bond donors (Lipinski definition) is 2. The lowest BCUT2D eigenvalue weighted by Crippen LogP contribution is -2.33. The second kappa shape index (κ2) is 9.23. The maximum atomic E-state index is 12.3. The standard InChI is InChI=1S/C21H28N2O2/c1-5-16-10-12-17(13-11-16)21(15(2)3)22-14-20(24)23-18-8-6-7-9-19(18)25-4/h6-13,15,21-22H,5,14H2,1-4H3,(H,23,24)/t21-/m1/s1. The van der Waals surface area contributed by atoms with Gasteiger partial charge in [-0.2, -0.15) is 0 Å². The van der Waals surface area contributed by atoms with Crippen LogP contribution in [0.4, 0.5) is 5.69 Å². The summed E-state index contributed by atoms with van der Waals surface area (Å²) in [6, 6.07) is 16.1. The highest BCUT2D eigenvalue weighted by molar-refractivity contribution is 5.93. The third-order valence-corrected chi connectivity index (χ3v) is 4.28. The van der Waals surface area contributed by atoms with Crippen molar-refractivity contribution < 1.29 is 9.53 Å². The molecule has 1 atom stereocenters. The molecule has 0 aliphatic carbocycles. The van der Waals surface area contributed by atoms with Crippen LogP contribution in [0.1, 0.15) is 37.9 Å². The normalized spacial score (nSPS) is 12.0. The summed E-state index contributed by atoms with van der Waals surface area (Å²) in [5.74, 6) is 0.957. The van der Waals surface area contributed by atoms with E-state index >= 15 is 0 Å². The number of carbonyl (C=O) groups is 1. The Morgan fingerprint density at radius 1 is 1.08 bits per heavy atom. The van der Waals surface area contributed by atoms with Gasteiger partial charge in [0.2, 0.25) is 5.91 Å². The van der Waals surface area contributed by atoms with Crippen molar-refractivity contribution in [3.63, 3.8) is 0 Å². The van der Waals surface area contributed by atoms with E-state index in [2.05, 4.69) is 55.7 Å². The molecule has 0 aliphatic heterocycles. The fourth-order valence-electron chi connectivity index (χ4n) is 2.84. The second-order valence-electron chi connectivity index (χ2n) is 6.45. The van der Waals surface area contributed by atoms with Gasteiger partial charge in [0.1, 0.15) is 5.75 Å². The number of anilines is 1. The van der Waals surface area contributed by atoms with Crippen LogP contribution in [0.5, 0.6) is 5.75 Å². The molecule has 0 heterocycles. The molecule has 2 rings (SSSR count). The van der Waals surface area contributed by atoms with Crippen LogP contribution in [0.15, 0.2) is 48.5 Å². The van der Waals surface area contributed by atoms with Crippen LogP contribution in [0.3, 0.4) is 0 Å². The van der Waals surface area contributed by atoms with Crippen molar-refractivity contribution in [3.05, 3.63) is 59.7 Å². The van der Waals surface area contributed by atoms with E-state index < -0.39 is 0 Å². The van der Waals surface area contributed by atoms with Crippen molar-refractivity contribution in [1.29, 1.82) is 0 Å². The first-order chi connectivity index (χ1) is 12.0. The highest BCUT2D eigenvalue weighted by Gasteiger charge is 2.17. The Hall–Kier alpha value is -2.33. The van der Waals surface area contributed by atoms with Crippen molar-refractivity contribution in [2.45, 2.75) is 33.2 Å². The largest absolute Gasteiger partial charge is 0.495 e. The number of benzene rings is 2. The molecule has 0 saturated heterocycles. The SMILES string of the molecule is CCc1ccc([C@H](NCC(=O)Nc2ccccc2OC)C(C)C)cc1. The summed E-state index contributed by atoms with van der Waals surface area (Å²) in [6.07, 6.45) is 1.03.